The third-order valence-electron chi connectivity index (χ3n) is 4.07. The van der Waals surface area contributed by atoms with Gasteiger partial charge in [-0.1, -0.05) is 41.9 Å². The van der Waals surface area contributed by atoms with Crippen molar-refractivity contribution in [3.63, 3.8) is 0 Å². The fourth-order valence-electron chi connectivity index (χ4n) is 3.04. The van der Waals surface area contributed by atoms with Crippen molar-refractivity contribution in [1.29, 1.82) is 0 Å². The summed E-state index contributed by atoms with van der Waals surface area (Å²) in [6.07, 6.45) is 1.93. The molecule has 0 amide bonds. The van der Waals surface area contributed by atoms with E-state index in [0.717, 1.165) is 18.4 Å². The van der Waals surface area contributed by atoms with Crippen molar-refractivity contribution in [1.82, 2.24) is 0 Å². The van der Waals surface area contributed by atoms with Crippen LogP contribution in [-0.2, 0) is 12.8 Å². The molecule has 1 nitrogen and oxygen atoms in total. The minimum absolute atomic E-state index is 0.120. The fourth-order valence-corrected chi connectivity index (χ4v) is 3.16. The molecule has 1 aliphatic carbocycles. The number of aliphatic hydroxyl groups is 1. The summed E-state index contributed by atoms with van der Waals surface area (Å²) < 4.78 is 13.4. The molecule has 1 N–H and O–H groups in total. The van der Waals surface area contributed by atoms with E-state index in [0.29, 0.717) is 6.42 Å². The Morgan fingerprint density at radius 2 is 2.05 bits per heavy atom. The molecular formula is C17H16ClFO. The summed E-state index contributed by atoms with van der Waals surface area (Å²) in [6, 6.07) is 13.0. The van der Waals surface area contributed by atoms with Gasteiger partial charge in [0.05, 0.1) is 11.1 Å². The summed E-state index contributed by atoms with van der Waals surface area (Å²) in [6.45, 7) is 0. The molecule has 0 heterocycles. The molecule has 0 aliphatic heterocycles. The summed E-state index contributed by atoms with van der Waals surface area (Å²) in [5.41, 5.74) is 3.33. The Morgan fingerprint density at radius 1 is 1.25 bits per heavy atom. The topological polar surface area (TPSA) is 20.2 Å². The maximum atomic E-state index is 13.4. The zero-order valence-corrected chi connectivity index (χ0v) is 11.8. The van der Waals surface area contributed by atoms with E-state index in [2.05, 4.69) is 12.1 Å². The number of fused-ring (bicyclic) bond motifs is 1. The summed E-state index contributed by atoms with van der Waals surface area (Å²) >= 11 is 5.67. The summed E-state index contributed by atoms with van der Waals surface area (Å²) in [7, 11) is 0. The lowest BCUT2D eigenvalue weighted by Crippen LogP contribution is -2.19. The van der Waals surface area contributed by atoms with Crippen LogP contribution in [0.4, 0.5) is 4.39 Å². The molecule has 20 heavy (non-hydrogen) atoms. The van der Waals surface area contributed by atoms with Crippen molar-refractivity contribution < 1.29 is 9.50 Å². The lowest BCUT2D eigenvalue weighted by molar-refractivity contribution is 0.143. The van der Waals surface area contributed by atoms with Crippen LogP contribution in [0.2, 0.25) is 5.02 Å². The number of aryl methyl sites for hydroxylation is 1. The van der Waals surface area contributed by atoms with E-state index >= 15 is 0 Å². The van der Waals surface area contributed by atoms with E-state index in [-0.39, 0.29) is 10.9 Å². The maximum absolute atomic E-state index is 13.4. The molecule has 3 rings (SSSR count). The number of aliphatic hydroxyl groups excluding tert-OH is 1. The Hall–Kier alpha value is -1.38. The van der Waals surface area contributed by atoms with Gasteiger partial charge >= 0.3 is 0 Å². The maximum Gasteiger partial charge on any atom is 0.142 e. The highest BCUT2D eigenvalue weighted by atomic mass is 35.5. The van der Waals surface area contributed by atoms with Crippen molar-refractivity contribution >= 4 is 11.6 Å². The van der Waals surface area contributed by atoms with Crippen LogP contribution in [0.1, 0.15) is 29.0 Å². The highest BCUT2D eigenvalue weighted by Gasteiger charge is 2.28. The third kappa shape index (κ3) is 2.58. The zero-order valence-electron chi connectivity index (χ0n) is 11.0. The Kier molecular flexibility index (Phi) is 3.77. The van der Waals surface area contributed by atoms with Gasteiger partial charge in [-0.05, 0) is 48.1 Å². The van der Waals surface area contributed by atoms with E-state index in [1.54, 1.807) is 12.1 Å². The van der Waals surface area contributed by atoms with Crippen molar-refractivity contribution in [3.8, 4) is 0 Å². The van der Waals surface area contributed by atoms with Gasteiger partial charge in [0.25, 0.3) is 0 Å². The second-order valence-electron chi connectivity index (χ2n) is 5.36. The average molecular weight is 291 g/mol. The molecule has 0 aromatic heterocycles. The second-order valence-corrected chi connectivity index (χ2v) is 5.77. The van der Waals surface area contributed by atoms with Crippen LogP contribution < -0.4 is 0 Å². The van der Waals surface area contributed by atoms with Gasteiger partial charge in [-0.3, -0.25) is 0 Å². The van der Waals surface area contributed by atoms with E-state index in [1.807, 2.05) is 12.1 Å². The van der Waals surface area contributed by atoms with Crippen molar-refractivity contribution in [2.24, 2.45) is 0 Å². The van der Waals surface area contributed by atoms with Gasteiger partial charge in [0.15, 0.2) is 0 Å². The van der Waals surface area contributed by atoms with Gasteiger partial charge in [-0.25, -0.2) is 4.39 Å². The molecule has 2 unspecified atom stereocenters. The van der Waals surface area contributed by atoms with Crippen LogP contribution in [0.25, 0.3) is 0 Å². The molecule has 0 saturated carbocycles. The van der Waals surface area contributed by atoms with Crippen molar-refractivity contribution in [3.05, 3.63) is 70.0 Å². The zero-order chi connectivity index (χ0) is 14.1. The van der Waals surface area contributed by atoms with E-state index in [4.69, 9.17) is 11.6 Å². The van der Waals surface area contributed by atoms with Gasteiger partial charge < -0.3 is 5.11 Å². The molecule has 0 bridgehead atoms. The number of rotatable bonds is 3. The Labute approximate surface area is 123 Å². The predicted octanol–water partition coefficient (Wildman–Crippen LogP) is 4.11. The van der Waals surface area contributed by atoms with Crippen LogP contribution in [0.5, 0.6) is 0 Å². The van der Waals surface area contributed by atoms with E-state index in [1.165, 1.54) is 17.2 Å². The van der Waals surface area contributed by atoms with Gasteiger partial charge in [0, 0.05) is 5.92 Å². The first-order valence-corrected chi connectivity index (χ1v) is 7.23. The van der Waals surface area contributed by atoms with Crippen molar-refractivity contribution in [2.75, 3.05) is 0 Å². The molecule has 2 aromatic carbocycles. The first-order chi connectivity index (χ1) is 9.65. The summed E-state index contributed by atoms with van der Waals surface area (Å²) in [4.78, 5) is 0. The van der Waals surface area contributed by atoms with Crippen LogP contribution in [0, 0.1) is 5.82 Å². The minimum Gasteiger partial charge on any atom is -0.392 e. The molecule has 104 valence electrons. The monoisotopic (exact) mass is 290 g/mol. The average Bonchev–Trinajstić information content (AvgIpc) is 2.87. The van der Waals surface area contributed by atoms with Crippen molar-refractivity contribution in [2.45, 2.75) is 31.3 Å². The largest absolute Gasteiger partial charge is 0.392 e. The number of benzene rings is 2. The smallest absolute Gasteiger partial charge is 0.142 e. The van der Waals surface area contributed by atoms with Crippen LogP contribution in [-0.4, -0.2) is 11.2 Å². The molecule has 1 aliphatic rings. The standard InChI is InChI=1S/C17H16ClFO/c18-15-8-5-11(9-16(15)19)10-17(20)14-7-6-12-3-1-2-4-13(12)14/h1-5,8-9,14,17,20H,6-7,10H2. The lowest BCUT2D eigenvalue weighted by Gasteiger charge is -2.19. The first-order valence-electron chi connectivity index (χ1n) is 6.85. The molecule has 3 heteroatoms. The number of hydrogen-bond donors (Lipinski definition) is 1. The van der Waals surface area contributed by atoms with Gasteiger partial charge in [-0.2, -0.15) is 0 Å². The van der Waals surface area contributed by atoms with E-state index in [9.17, 15) is 9.50 Å². The lowest BCUT2D eigenvalue weighted by atomic mass is 9.91. The second kappa shape index (κ2) is 5.55. The third-order valence-corrected chi connectivity index (χ3v) is 4.38. The fraction of sp³-hybridized carbons (Fsp3) is 0.294. The highest BCUT2D eigenvalue weighted by molar-refractivity contribution is 6.30. The molecule has 0 radical (unpaired) electrons. The van der Waals surface area contributed by atoms with Gasteiger partial charge in [0.1, 0.15) is 5.82 Å². The predicted molar refractivity (Wildman–Crippen MR) is 78.6 cm³/mol. The molecule has 2 aromatic rings. The van der Waals surface area contributed by atoms with Crippen LogP contribution in [0.3, 0.4) is 0 Å². The normalized spacial score (nSPS) is 18.9. The minimum atomic E-state index is -0.487. The van der Waals surface area contributed by atoms with Crippen LogP contribution >= 0.6 is 11.6 Å². The number of hydrogen-bond acceptors (Lipinski definition) is 1. The quantitative estimate of drug-likeness (QED) is 0.902. The Bertz CT molecular complexity index is 626. The van der Waals surface area contributed by atoms with Gasteiger partial charge in [0.2, 0.25) is 0 Å². The highest BCUT2D eigenvalue weighted by Crippen LogP contribution is 2.36. The van der Waals surface area contributed by atoms with Gasteiger partial charge in [-0.15, -0.1) is 0 Å². The Balaban J connectivity index is 1.77. The first kappa shape index (κ1) is 13.6. The molecule has 0 fully saturated rings. The van der Waals surface area contributed by atoms with Crippen LogP contribution in [0.15, 0.2) is 42.5 Å². The number of halogens is 2. The molecular weight excluding hydrogens is 275 g/mol. The molecule has 2 atom stereocenters. The summed E-state index contributed by atoms with van der Waals surface area (Å²) in [5, 5.41) is 10.6. The molecule has 0 saturated heterocycles. The summed E-state index contributed by atoms with van der Waals surface area (Å²) in [5.74, 6) is -0.284. The van der Waals surface area contributed by atoms with E-state index < -0.39 is 11.9 Å². The SMILES string of the molecule is OC(Cc1ccc(Cl)c(F)c1)C1CCc2ccccc21. The Morgan fingerprint density at radius 3 is 2.85 bits per heavy atom. The molecule has 0 spiro atoms.